The van der Waals surface area contributed by atoms with Crippen LogP contribution in [0.1, 0.15) is 61.7 Å². The molecule has 4 N–H and O–H groups in total. The molecular weight excluding hydrogens is 540 g/mol. The summed E-state index contributed by atoms with van der Waals surface area (Å²) < 4.78 is 15.9. The molecule has 0 bridgehead atoms. The van der Waals surface area contributed by atoms with Crippen molar-refractivity contribution in [3.63, 3.8) is 0 Å². The van der Waals surface area contributed by atoms with E-state index >= 15 is 0 Å². The van der Waals surface area contributed by atoms with Crippen LogP contribution in [0.2, 0.25) is 0 Å². The van der Waals surface area contributed by atoms with Gasteiger partial charge in [0.1, 0.15) is 19.0 Å². The lowest BCUT2D eigenvalue weighted by Crippen LogP contribution is -2.36. The molecule has 2 aliphatic carbocycles. The van der Waals surface area contributed by atoms with Crippen LogP contribution in [0.25, 0.3) is 0 Å². The Morgan fingerprint density at radius 2 is 1.48 bits per heavy atom. The average molecular weight is 585 g/mol. The van der Waals surface area contributed by atoms with Crippen LogP contribution in [0.15, 0.2) is 47.6 Å². The number of hydrogen-bond donors (Lipinski definition) is 4. The fraction of sp³-hybridized carbons (Fsp3) is 0.548. The molecule has 11 heteroatoms. The lowest BCUT2D eigenvalue weighted by Gasteiger charge is -2.19. The second-order valence-electron chi connectivity index (χ2n) is 10.3. The Balaban J connectivity index is 1.20. The van der Waals surface area contributed by atoms with Crippen molar-refractivity contribution in [2.45, 2.75) is 57.4 Å². The van der Waals surface area contributed by atoms with E-state index < -0.39 is 0 Å². The van der Waals surface area contributed by atoms with Gasteiger partial charge in [-0.05, 0) is 73.9 Å². The number of allylic oxidation sites excluding steroid dienone is 3. The third kappa shape index (κ3) is 12.4. The van der Waals surface area contributed by atoms with Crippen LogP contribution in [0.4, 0.5) is 0 Å². The fourth-order valence-corrected chi connectivity index (χ4v) is 4.83. The van der Waals surface area contributed by atoms with E-state index in [4.69, 9.17) is 14.2 Å². The van der Waals surface area contributed by atoms with Gasteiger partial charge in [-0.2, -0.15) is 0 Å². The van der Waals surface area contributed by atoms with E-state index in [-0.39, 0.29) is 55.7 Å². The van der Waals surface area contributed by atoms with E-state index in [0.29, 0.717) is 44.2 Å². The first-order valence-electron chi connectivity index (χ1n) is 14.7. The Kier molecular flexibility index (Phi) is 14.6. The first kappa shape index (κ1) is 32.8. The van der Waals surface area contributed by atoms with Crippen LogP contribution in [-0.2, 0) is 23.9 Å². The molecule has 0 spiro atoms. The zero-order valence-corrected chi connectivity index (χ0v) is 24.5. The van der Waals surface area contributed by atoms with Crippen LogP contribution in [0.5, 0.6) is 5.75 Å². The summed E-state index contributed by atoms with van der Waals surface area (Å²) in [6.45, 7) is 1.86. The van der Waals surface area contributed by atoms with Gasteiger partial charge < -0.3 is 35.5 Å². The highest BCUT2D eigenvalue weighted by Gasteiger charge is 2.21. The predicted molar refractivity (Wildman–Crippen MR) is 158 cm³/mol. The van der Waals surface area contributed by atoms with Crippen molar-refractivity contribution >= 4 is 23.6 Å². The number of carbonyl (C=O) groups is 4. The molecule has 0 unspecified atom stereocenters. The molecule has 1 fully saturated rings. The third-order valence-electron chi connectivity index (χ3n) is 6.97. The summed E-state index contributed by atoms with van der Waals surface area (Å²) in [7, 11) is 1.43. The zero-order chi connectivity index (χ0) is 30.0. The monoisotopic (exact) mass is 584 g/mol. The van der Waals surface area contributed by atoms with Crippen molar-refractivity contribution in [2.24, 2.45) is 0 Å². The number of hydrogen-bond acceptors (Lipinski definition) is 7. The Bertz CT molecular complexity index is 1100. The van der Waals surface area contributed by atoms with E-state index in [1.165, 1.54) is 18.3 Å². The largest absolute Gasteiger partial charge is 0.491 e. The number of carbonyl (C=O) groups excluding carboxylic acids is 4. The number of rotatable bonds is 17. The van der Waals surface area contributed by atoms with Gasteiger partial charge in [-0.25, -0.2) is 0 Å². The van der Waals surface area contributed by atoms with Gasteiger partial charge in [0.2, 0.25) is 17.7 Å². The van der Waals surface area contributed by atoms with Crippen molar-refractivity contribution in [3.05, 3.63) is 53.1 Å². The van der Waals surface area contributed by atoms with Crippen LogP contribution >= 0.6 is 0 Å². The average Bonchev–Trinajstić information content (AvgIpc) is 3.20. The molecule has 1 saturated carbocycles. The smallest absolute Gasteiger partial charge is 0.251 e. The topological polar surface area (TPSA) is 144 Å². The second-order valence-corrected chi connectivity index (χ2v) is 10.3. The number of benzene rings is 1. The Morgan fingerprint density at radius 3 is 2.19 bits per heavy atom. The highest BCUT2D eigenvalue weighted by molar-refractivity contribution is 5.94. The summed E-state index contributed by atoms with van der Waals surface area (Å²) in [5, 5.41) is 11.1. The molecule has 230 valence electrons. The normalized spacial score (nSPS) is 16.2. The second kappa shape index (κ2) is 18.7. The molecule has 4 amide bonds. The minimum Gasteiger partial charge on any atom is -0.491 e. The van der Waals surface area contributed by atoms with Crippen LogP contribution in [-0.4, -0.2) is 82.8 Å². The first-order chi connectivity index (χ1) is 20.4. The molecule has 0 radical (unpaired) electrons. The number of fused-ring (bicyclic) bond motifs is 1. The molecular formula is C31H44N4O7. The van der Waals surface area contributed by atoms with Crippen molar-refractivity contribution in [3.8, 4) is 5.75 Å². The molecule has 0 heterocycles. The molecule has 0 aromatic heterocycles. The van der Waals surface area contributed by atoms with E-state index in [2.05, 4.69) is 33.4 Å². The Labute approximate surface area is 247 Å². The van der Waals surface area contributed by atoms with Gasteiger partial charge in [0, 0.05) is 51.2 Å². The minimum absolute atomic E-state index is 0.0294. The molecule has 42 heavy (non-hydrogen) atoms. The number of amides is 4. The molecule has 2 aliphatic rings. The van der Waals surface area contributed by atoms with Crippen LogP contribution < -0.4 is 26.0 Å². The maximum absolute atomic E-state index is 12.8. The van der Waals surface area contributed by atoms with Gasteiger partial charge in [0.15, 0.2) is 0 Å². The first-order valence-corrected chi connectivity index (χ1v) is 14.7. The summed E-state index contributed by atoms with van der Waals surface area (Å²) in [5.74, 6) is -0.176. The standard InChI is InChI=1S/C31H44N4O7/c1-40-22-30(38)33-16-15-32-28(36)13-14-29(37)34-17-18-41-19-20-42-27-11-9-24(10-12-27)31(39)35-26-8-4-7-23-5-2-3-6-25(23)21-26/h5-6,9-12,26H,2-4,7-8,13-22H2,1H3,(H,32,36)(H,33,38)(H,34,37)(H,35,39)/t26-/m1/s1. The van der Waals surface area contributed by atoms with Gasteiger partial charge in [0.05, 0.1) is 13.2 Å². The molecule has 11 nitrogen and oxygen atoms in total. The summed E-state index contributed by atoms with van der Waals surface area (Å²) in [4.78, 5) is 47.7. The molecule has 1 atom stereocenters. The summed E-state index contributed by atoms with van der Waals surface area (Å²) in [6.07, 6.45) is 11.1. The lowest BCUT2D eigenvalue weighted by molar-refractivity contribution is -0.126. The highest BCUT2D eigenvalue weighted by atomic mass is 16.5. The molecule has 1 aromatic carbocycles. The maximum atomic E-state index is 12.8. The maximum Gasteiger partial charge on any atom is 0.251 e. The number of ether oxygens (including phenoxy) is 3. The predicted octanol–water partition coefficient (Wildman–Crippen LogP) is 2.18. The molecule has 3 rings (SSSR count). The quantitative estimate of drug-likeness (QED) is 0.206. The van der Waals surface area contributed by atoms with E-state index in [1.807, 2.05) is 0 Å². The van der Waals surface area contributed by atoms with Crippen molar-refractivity contribution in [1.82, 2.24) is 21.3 Å². The van der Waals surface area contributed by atoms with Crippen LogP contribution in [0.3, 0.4) is 0 Å². The van der Waals surface area contributed by atoms with Crippen molar-refractivity contribution in [1.29, 1.82) is 0 Å². The van der Waals surface area contributed by atoms with Gasteiger partial charge in [-0.15, -0.1) is 0 Å². The molecule has 1 aromatic rings. The van der Waals surface area contributed by atoms with Gasteiger partial charge in [-0.1, -0.05) is 12.2 Å². The van der Waals surface area contributed by atoms with E-state index in [9.17, 15) is 19.2 Å². The minimum atomic E-state index is -0.263. The molecule has 0 saturated heterocycles. The number of methoxy groups -OCH3 is 1. The van der Waals surface area contributed by atoms with Crippen molar-refractivity contribution < 1.29 is 33.4 Å². The van der Waals surface area contributed by atoms with E-state index in [0.717, 1.165) is 38.5 Å². The van der Waals surface area contributed by atoms with Crippen LogP contribution in [0, 0.1) is 0 Å². The Morgan fingerprint density at radius 1 is 0.810 bits per heavy atom. The number of nitrogens with one attached hydrogen (secondary N) is 4. The summed E-state index contributed by atoms with van der Waals surface area (Å²) in [5.41, 5.74) is 3.47. The summed E-state index contributed by atoms with van der Waals surface area (Å²) >= 11 is 0. The van der Waals surface area contributed by atoms with Gasteiger partial charge in [-0.3, -0.25) is 19.2 Å². The SMILES string of the molecule is COCC(=O)NCCNC(=O)CCC(=O)NCCOCCOc1ccc(C(=O)N[C@@H]2CCCC3=CCCC=C3C2)cc1. The van der Waals surface area contributed by atoms with E-state index in [1.54, 1.807) is 24.3 Å². The highest BCUT2D eigenvalue weighted by Crippen LogP contribution is 2.31. The van der Waals surface area contributed by atoms with Crippen molar-refractivity contribution in [2.75, 3.05) is 53.2 Å². The lowest BCUT2D eigenvalue weighted by atomic mass is 9.93. The fourth-order valence-electron chi connectivity index (χ4n) is 4.83. The van der Waals surface area contributed by atoms with Gasteiger partial charge >= 0.3 is 0 Å². The molecule has 0 aliphatic heterocycles. The van der Waals surface area contributed by atoms with Gasteiger partial charge in [0.25, 0.3) is 5.91 Å². The third-order valence-corrected chi connectivity index (χ3v) is 6.97. The Hall–Kier alpha value is -3.70. The zero-order valence-electron chi connectivity index (χ0n) is 24.5. The summed E-state index contributed by atoms with van der Waals surface area (Å²) in [6, 6.07) is 7.25.